The molecule has 5 rings (SSSR count). The highest BCUT2D eigenvalue weighted by Gasteiger charge is 2.31. The van der Waals surface area contributed by atoms with Gasteiger partial charge in [-0.1, -0.05) is 42.5 Å². The van der Waals surface area contributed by atoms with E-state index in [1.165, 1.54) is 12.1 Å². The summed E-state index contributed by atoms with van der Waals surface area (Å²) in [7, 11) is 0. The highest BCUT2D eigenvalue weighted by Crippen LogP contribution is 2.35. The van der Waals surface area contributed by atoms with E-state index in [-0.39, 0.29) is 0 Å². The molecule has 0 radical (unpaired) electrons. The summed E-state index contributed by atoms with van der Waals surface area (Å²) in [5, 5.41) is 1.86. The zero-order chi connectivity index (χ0) is 26.4. The largest absolute Gasteiger partial charge is 0.416 e. The molecule has 0 saturated heterocycles. The molecule has 1 heterocycles. The Kier molecular flexibility index (Phi) is 6.02. The molecule has 186 valence electrons. The van der Waals surface area contributed by atoms with Crippen LogP contribution < -0.4 is 0 Å². The van der Waals surface area contributed by atoms with E-state index in [1.807, 2.05) is 36.4 Å². The van der Waals surface area contributed by atoms with Crippen molar-refractivity contribution in [3.8, 4) is 33.5 Å². The van der Waals surface area contributed by atoms with Gasteiger partial charge < -0.3 is 0 Å². The first-order valence-electron chi connectivity index (χ1n) is 11.3. The fourth-order valence-electron chi connectivity index (χ4n) is 4.29. The van der Waals surface area contributed by atoms with Crippen LogP contribution in [-0.4, -0.2) is 4.98 Å². The van der Waals surface area contributed by atoms with E-state index in [1.54, 1.807) is 31.3 Å². The number of rotatable bonds is 3. The van der Waals surface area contributed by atoms with Crippen molar-refractivity contribution in [1.82, 2.24) is 4.98 Å². The van der Waals surface area contributed by atoms with Gasteiger partial charge in [0.2, 0.25) is 0 Å². The summed E-state index contributed by atoms with van der Waals surface area (Å²) in [6, 6.07) is 23.9. The Hall–Kier alpha value is -4.13. The summed E-state index contributed by atoms with van der Waals surface area (Å²) in [5.74, 6) is 0. The number of fused-ring (bicyclic) bond motifs is 1. The Balaban J connectivity index is 1.45. The minimum Gasteiger partial charge on any atom is -0.256 e. The molecule has 4 aromatic carbocycles. The Labute approximate surface area is 209 Å². The maximum absolute atomic E-state index is 13.2. The highest BCUT2D eigenvalue weighted by molar-refractivity contribution is 5.91. The second kappa shape index (κ2) is 9.07. The molecule has 5 aromatic rings. The molecule has 1 nitrogen and oxygen atoms in total. The van der Waals surface area contributed by atoms with Crippen LogP contribution in [0.15, 0.2) is 97.2 Å². The van der Waals surface area contributed by atoms with Crippen molar-refractivity contribution < 1.29 is 26.3 Å². The Bertz CT molecular complexity index is 1580. The molecular weight excluding hydrogens is 488 g/mol. The van der Waals surface area contributed by atoms with E-state index in [0.717, 1.165) is 51.7 Å². The van der Waals surface area contributed by atoms with Crippen molar-refractivity contribution >= 4 is 10.8 Å². The van der Waals surface area contributed by atoms with Crippen molar-refractivity contribution in [2.24, 2.45) is 0 Å². The number of hydrogen-bond acceptors (Lipinski definition) is 1. The van der Waals surface area contributed by atoms with Gasteiger partial charge >= 0.3 is 12.4 Å². The molecule has 0 saturated carbocycles. The average molecular weight is 507 g/mol. The van der Waals surface area contributed by atoms with E-state index in [9.17, 15) is 26.3 Å². The third kappa shape index (κ3) is 5.21. The third-order valence-corrected chi connectivity index (χ3v) is 6.18. The van der Waals surface area contributed by atoms with Crippen LogP contribution in [0.25, 0.3) is 44.3 Å². The van der Waals surface area contributed by atoms with E-state index in [4.69, 9.17) is 0 Å². The lowest BCUT2D eigenvalue weighted by Crippen LogP contribution is -2.05. The van der Waals surface area contributed by atoms with Gasteiger partial charge in [-0.05, 0) is 88.5 Å². The van der Waals surface area contributed by atoms with Crippen LogP contribution in [-0.2, 0) is 12.4 Å². The second-order valence-electron chi connectivity index (χ2n) is 8.87. The quantitative estimate of drug-likeness (QED) is 0.222. The Morgan fingerprint density at radius 1 is 0.486 bits per heavy atom. The highest BCUT2D eigenvalue weighted by atomic mass is 19.4. The predicted molar refractivity (Wildman–Crippen MR) is 133 cm³/mol. The standard InChI is InChI=1S/C30H19F6N/c1-18-12-25(16-27(13-18)30(34,35)36)28-11-8-23(17-37-28)22-5-3-20-2-4-21(14-24(20)15-22)19-6-9-26(10-7-19)29(31,32)33/h2-17H,1H3. The van der Waals surface area contributed by atoms with Crippen LogP contribution in [0, 0.1) is 6.92 Å². The van der Waals surface area contributed by atoms with Crippen LogP contribution in [0.2, 0.25) is 0 Å². The second-order valence-corrected chi connectivity index (χ2v) is 8.87. The number of pyridine rings is 1. The lowest BCUT2D eigenvalue weighted by molar-refractivity contribution is -0.138. The van der Waals surface area contributed by atoms with E-state index < -0.39 is 23.5 Å². The first-order chi connectivity index (χ1) is 17.5. The van der Waals surface area contributed by atoms with Gasteiger partial charge in [-0.2, -0.15) is 26.3 Å². The summed E-state index contributed by atoms with van der Waals surface area (Å²) in [6.45, 7) is 1.61. The van der Waals surface area contributed by atoms with E-state index >= 15 is 0 Å². The first-order valence-corrected chi connectivity index (χ1v) is 11.3. The Morgan fingerprint density at radius 2 is 1.05 bits per heavy atom. The van der Waals surface area contributed by atoms with Crippen LogP contribution >= 0.6 is 0 Å². The molecule has 0 aliphatic heterocycles. The van der Waals surface area contributed by atoms with E-state index in [0.29, 0.717) is 22.4 Å². The lowest BCUT2D eigenvalue weighted by atomic mass is 9.97. The first kappa shape index (κ1) is 24.6. The number of halogens is 6. The minimum absolute atomic E-state index is 0.388. The molecule has 0 aliphatic rings. The van der Waals surface area contributed by atoms with Gasteiger partial charge in [-0.15, -0.1) is 0 Å². The van der Waals surface area contributed by atoms with Gasteiger partial charge in [0.15, 0.2) is 0 Å². The monoisotopic (exact) mass is 507 g/mol. The summed E-state index contributed by atoms with van der Waals surface area (Å²) in [5.41, 5.74) is 3.00. The van der Waals surface area contributed by atoms with Crippen molar-refractivity contribution in [1.29, 1.82) is 0 Å². The van der Waals surface area contributed by atoms with Crippen LogP contribution in [0.3, 0.4) is 0 Å². The Morgan fingerprint density at radius 3 is 1.62 bits per heavy atom. The molecule has 0 N–H and O–H groups in total. The smallest absolute Gasteiger partial charge is 0.256 e. The van der Waals surface area contributed by atoms with E-state index in [2.05, 4.69) is 4.98 Å². The number of nitrogens with zero attached hydrogens (tertiary/aromatic N) is 1. The van der Waals surface area contributed by atoms with Gasteiger partial charge in [0.1, 0.15) is 0 Å². The lowest BCUT2D eigenvalue weighted by Gasteiger charge is -2.11. The normalized spacial score (nSPS) is 12.2. The summed E-state index contributed by atoms with van der Waals surface area (Å²) in [4.78, 5) is 4.40. The molecule has 37 heavy (non-hydrogen) atoms. The van der Waals surface area contributed by atoms with Crippen molar-refractivity contribution in [2.45, 2.75) is 19.3 Å². The molecular formula is C30H19F6N. The fraction of sp³-hybridized carbons (Fsp3) is 0.100. The molecule has 0 fully saturated rings. The number of aromatic nitrogens is 1. The average Bonchev–Trinajstić information content (AvgIpc) is 2.87. The molecule has 0 amide bonds. The van der Waals surface area contributed by atoms with Gasteiger partial charge in [-0.25, -0.2) is 0 Å². The number of aryl methyl sites for hydroxylation is 1. The van der Waals surface area contributed by atoms with Gasteiger partial charge in [0.25, 0.3) is 0 Å². The van der Waals surface area contributed by atoms with Gasteiger partial charge in [0.05, 0.1) is 16.8 Å². The van der Waals surface area contributed by atoms with Crippen LogP contribution in [0.4, 0.5) is 26.3 Å². The molecule has 0 bridgehead atoms. The molecule has 0 unspecified atom stereocenters. The zero-order valence-electron chi connectivity index (χ0n) is 19.5. The minimum atomic E-state index is -4.44. The SMILES string of the molecule is Cc1cc(-c2ccc(-c3ccc4ccc(-c5ccc(C(F)(F)F)cc5)cc4c3)cn2)cc(C(F)(F)F)c1. The topological polar surface area (TPSA) is 12.9 Å². The predicted octanol–water partition coefficient (Wildman–Crippen LogP) is 9.58. The van der Waals surface area contributed by atoms with Gasteiger partial charge in [0, 0.05) is 17.3 Å². The number of hydrogen-bond donors (Lipinski definition) is 0. The fourth-order valence-corrected chi connectivity index (χ4v) is 4.29. The maximum Gasteiger partial charge on any atom is 0.416 e. The molecule has 0 aliphatic carbocycles. The molecule has 0 atom stereocenters. The summed E-state index contributed by atoms with van der Waals surface area (Å²) >= 11 is 0. The van der Waals surface area contributed by atoms with Crippen LogP contribution in [0.5, 0.6) is 0 Å². The summed E-state index contributed by atoms with van der Waals surface area (Å²) in [6.07, 6.45) is -7.21. The molecule has 1 aromatic heterocycles. The molecule has 7 heteroatoms. The van der Waals surface area contributed by atoms with Crippen LogP contribution in [0.1, 0.15) is 16.7 Å². The maximum atomic E-state index is 13.2. The van der Waals surface area contributed by atoms with Crippen molar-refractivity contribution in [3.63, 3.8) is 0 Å². The van der Waals surface area contributed by atoms with Crippen molar-refractivity contribution in [2.75, 3.05) is 0 Å². The third-order valence-electron chi connectivity index (χ3n) is 6.18. The zero-order valence-corrected chi connectivity index (χ0v) is 19.5. The number of benzene rings is 4. The van der Waals surface area contributed by atoms with Crippen molar-refractivity contribution in [3.05, 3.63) is 114 Å². The molecule has 0 spiro atoms. The van der Waals surface area contributed by atoms with Gasteiger partial charge in [-0.3, -0.25) is 4.98 Å². The number of alkyl halides is 6. The summed E-state index contributed by atoms with van der Waals surface area (Å²) < 4.78 is 78.3.